The summed E-state index contributed by atoms with van der Waals surface area (Å²) in [4.78, 5) is 27.3. The molecule has 1 heterocycles. The first-order valence-electron chi connectivity index (χ1n) is 13.7. The number of furan rings is 1. The number of carboxylic acids is 1. The van der Waals surface area contributed by atoms with Crippen LogP contribution in [-0.4, -0.2) is 21.9 Å². The van der Waals surface area contributed by atoms with Gasteiger partial charge in [-0.05, 0) is 71.5 Å². The number of carbonyl (C=O) groups excluding carboxylic acids is 1. The molecule has 0 unspecified atom stereocenters. The van der Waals surface area contributed by atoms with Gasteiger partial charge in [-0.15, -0.1) is 0 Å². The van der Waals surface area contributed by atoms with E-state index in [2.05, 4.69) is 0 Å². The molecule has 5 nitrogen and oxygen atoms in total. The number of fused-ring (bicyclic) bond motifs is 1. The zero-order valence-corrected chi connectivity index (χ0v) is 23.9. The smallest absolute Gasteiger partial charge is 0.449 e. The fourth-order valence-corrected chi connectivity index (χ4v) is 5.06. The molecule has 0 atom stereocenters. The fourth-order valence-electron chi connectivity index (χ4n) is 5.06. The summed E-state index contributed by atoms with van der Waals surface area (Å²) >= 11 is 0. The van der Waals surface area contributed by atoms with Gasteiger partial charge in [0.1, 0.15) is 5.76 Å². The highest BCUT2D eigenvalue weighted by atomic mass is 19.4. The molecule has 4 aromatic carbocycles. The van der Waals surface area contributed by atoms with Crippen molar-refractivity contribution in [3.63, 3.8) is 0 Å². The minimum atomic E-state index is -4.63. The van der Waals surface area contributed by atoms with Crippen LogP contribution in [0, 0.1) is 6.92 Å². The zero-order chi connectivity index (χ0) is 30.9. The molecule has 1 N–H and O–H groups in total. The minimum absolute atomic E-state index is 0.0213. The Labute approximate surface area is 247 Å². The molecular weight excluding hydrogens is 555 g/mol. The van der Waals surface area contributed by atoms with Crippen LogP contribution in [0.3, 0.4) is 0 Å². The standard InChI is InChI=1S/C35H30F3NO4/c1-22-11-14-25-7-4-5-10-29(25)31(22)32(40)39(21-28-17-18-30(43-28)35(36,37)38)20-23-12-15-24(16-13-23)26-8-6-9-27(19-26)34(2,3)33(41)42/h4-19H,20-21H2,1-3H3,(H,41,42). The van der Waals surface area contributed by atoms with Crippen LogP contribution in [0.25, 0.3) is 21.9 Å². The van der Waals surface area contributed by atoms with Crippen LogP contribution in [0.1, 0.15) is 52.4 Å². The molecule has 0 aliphatic carbocycles. The van der Waals surface area contributed by atoms with Crippen LogP contribution < -0.4 is 0 Å². The third-order valence-electron chi connectivity index (χ3n) is 7.71. The van der Waals surface area contributed by atoms with E-state index in [0.717, 1.165) is 39.1 Å². The number of alkyl halides is 3. The molecule has 0 saturated heterocycles. The van der Waals surface area contributed by atoms with Crippen molar-refractivity contribution in [1.29, 1.82) is 0 Å². The van der Waals surface area contributed by atoms with E-state index in [9.17, 15) is 27.9 Å². The molecular formula is C35H30F3NO4. The second kappa shape index (κ2) is 11.4. The number of benzene rings is 4. The first kappa shape index (κ1) is 29.6. The molecule has 0 aliphatic rings. The van der Waals surface area contributed by atoms with Gasteiger partial charge in [0.25, 0.3) is 5.91 Å². The quantitative estimate of drug-likeness (QED) is 0.198. The van der Waals surface area contributed by atoms with Crippen LogP contribution >= 0.6 is 0 Å². The summed E-state index contributed by atoms with van der Waals surface area (Å²) in [7, 11) is 0. The van der Waals surface area contributed by atoms with Gasteiger partial charge in [0, 0.05) is 6.54 Å². The van der Waals surface area contributed by atoms with Gasteiger partial charge in [0.15, 0.2) is 0 Å². The number of aryl methyl sites for hydroxylation is 1. The van der Waals surface area contributed by atoms with Crippen molar-refractivity contribution >= 4 is 22.6 Å². The van der Waals surface area contributed by atoms with E-state index in [-0.39, 0.29) is 24.8 Å². The molecule has 43 heavy (non-hydrogen) atoms. The van der Waals surface area contributed by atoms with Crippen LogP contribution in [0.4, 0.5) is 13.2 Å². The maximum atomic E-state index is 14.1. The van der Waals surface area contributed by atoms with Gasteiger partial charge in [-0.3, -0.25) is 9.59 Å². The topological polar surface area (TPSA) is 70.8 Å². The lowest BCUT2D eigenvalue weighted by Crippen LogP contribution is -2.30. The van der Waals surface area contributed by atoms with E-state index in [1.54, 1.807) is 19.9 Å². The van der Waals surface area contributed by atoms with Gasteiger partial charge < -0.3 is 14.4 Å². The predicted octanol–water partition coefficient (Wildman–Crippen LogP) is 8.63. The molecule has 8 heteroatoms. The maximum absolute atomic E-state index is 14.1. The Hall–Kier alpha value is -4.85. The van der Waals surface area contributed by atoms with Gasteiger partial charge in [0.05, 0.1) is 17.5 Å². The summed E-state index contributed by atoms with van der Waals surface area (Å²) in [6, 6.07) is 28.2. The third-order valence-corrected chi connectivity index (χ3v) is 7.71. The number of carbonyl (C=O) groups is 2. The van der Waals surface area contributed by atoms with Gasteiger partial charge in [0.2, 0.25) is 5.76 Å². The van der Waals surface area contributed by atoms with Gasteiger partial charge >= 0.3 is 12.1 Å². The lowest BCUT2D eigenvalue weighted by atomic mass is 9.83. The molecule has 5 aromatic rings. The molecule has 1 aromatic heterocycles. The number of nitrogens with zero attached hydrogens (tertiary/aromatic N) is 1. The molecule has 5 rings (SSSR count). The zero-order valence-electron chi connectivity index (χ0n) is 23.9. The SMILES string of the molecule is Cc1ccc2ccccc2c1C(=O)N(Cc1ccc(-c2cccc(C(C)(C)C(=O)O)c2)cc1)Cc1ccc(C(F)(F)F)o1. The molecule has 0 fully saturated rings. The monoisotopic (exact) mass is 585 g/mol. The first-order valence-corrected chi connectivity index (χ1v) is 13.7. The number of hydrogen-bond acceptors (Lipinski definition) is 3. The van der Waals surface area contributed by atoms with Crippen molar-refractivity contribution in [3.8, 4) is 11.1 Å². The predicted molar refractivity (Wildman–Crippen MR) is 159 cm³/mol. The number of aliphatic carboxylic acids is 1. The molecule has 0 bridgehead atoms. The van der Waals surface area contributed by atoms with Crippen molar-refractivity contribution < 1.29 is 32.3 Å². The Balaban J connectivity index is 1.48. The Bertz CT molecular complexity index is 1800. The Morgan fingerprint density at radius 2 is 1.53 bits per heavy atom. The summed E-state index contributed by atoms with van der Waals surface area (Å²) in [6.07, 6.45) is -4.63. The second-order valence-electron chi connectivity index (χ2n) is 11.1. The number of halogens is 3. The largest absolute Gasteiger partial charge is 0.481 e. The molecule has 0 aliphatic heterocycles. The number of carboxylic acid groups (broad SMARTS) is 1. The Morgan fingerprint density at radius 1 is 0.814 bits per heavy atom. The van der Waals surface area contributed by atoms with Crippen molar-refractivity contribution in [1.82, 2.24) is 4.90 Å². The summed E-state index contributed by atoms with van der Waals surface area (Å²) in [5, 5.41) is 11.3. The number of amides is 1. The summed E-state index contributed by atoms with van der Waals surface area (Å²) in [5.41, 5.74) is 3.30. The number of rotatable bonds is 8. The average molecular weight is 586 g/mol. The highest BCUT2D eigenvalue weighted by Crippen LogP contribution is 2.32. The highest BCUT2D eigenvalue weighted by molar-refractivity contribution is 6.08. The molecule has 0 radical (unpaired) electrons. The first-order chi connectivity index (χ1) is 20.3. The van der Waals surface area contributed by atoms with E-state index in [0.29, 0.717) is 11.1 Å². The van der Waals surface area contributed by atoms with E-state index >= 15 is 0 Å². The molecule has 0 saturated carbocycles. The van der Waals surface area contributed by atoms with E-state index in [4.69, 9.17) is 4.42 Å². The van der Waals surface area contributed by atoms with Crippen LogP contribution in [-0.2, 0) is 29.5 Å². The molecule has 0 spiro atoms. The molecule has 1 amide bonds. The second-order valence-corrected chi connectivity index (χ2v) is 11.1. The highest BCUT2D eigenvalue weighted by Gasteiger charge is 2.35. The maximum Gasteiger partial charge on any atom is 0.449 e. The average Bonchev–Trinajstić information content (AvgIpc) is 3.46. The van der Waals surface area contributed by atoms with Crippen molar-refractivity contribution in [2.45, 2.75) is 45.5 Å². The van der Waals surface area contributed by atoms with Crippen molar-refractivity contribution in [2.24, 2.45) is 0 Å². The fraction of sp³-hybridized carbons (Fsp3) is 0.200. The normalized spacial score (nSPS) is 12.0. The Morgan fingerprint density at radius 3 is 2.21 bits per heavy atom. The van der Waals surface area contributed by atoms with Gasteiger partial charge in [-0.2, -0.15) is 13.2 Å². The number of hydrogen-bond donors (Lipinski definition) is 1. The van der Waals surface area contributed by atoms with Crippen LogP contribution in [0.15, 0.2) is 101 Å². The third kappa shape index (κ3) is 6.18. The summed E-state index contributed by atoms with van der Waals surface area (Å²) in [6.45, 7) is 5.09. The van der Waals surface area contributed by atoms with E-state index in [1.807, 2.05) is 85.8 Å². The summed E-state index contributed by atoms with van der Waals surface area (Å²) < 4.78 is 44.8. The van der Waals surface area contributed by atoms with Crippen LogP contribution in [0.2, 0.25) is 0 Å². The molecule has 220 valence electrons. The van der Waals surface area contributed by atoms with Crippen LogP contribution in [0.5, 0.6) is 0 Å². The van der Waals surface area contributed by atoms with E-state index < -0.39 is 23.3 Å². The van der Waals surface area contributed by atoms with Gasteiger partial charge in [-0.25, -0.2) is 0 Å². The summed E-state index contributed by atoms with van der Waals surface area (Å²) in [5.74, 6) is -2.35. The lowest BCUT2D eigenvalue weighted by molar-refractivity contribution is -0.153. The Kier molecular flexibility index (Phi) is 7.88. The minimum Gasteiger partial charge on any atom is -0.481 e. The van der Waals surface area contributed by atoms with Crippen molar-refractivity contribution in [3.05, 3.63) is 131 Å². The van der Waals surface area contributed by atoms with Gasteiger partial charge in [-0.1, -0.05) is 84.9 Å². The van der Waals surface area contributed by atoms with Crippen molar-refractivity contribution in [2.75, 3.05) is 0 Å². The van der Waals surface area contributed by atoms with E-state index in [1.165, 1.54) is 11.0 Å². The lowest BCUT2D eigenvalue weighted by Gasteiger charge is -2.24.